The van der Waals surface area contributed by atoms with Crippen molar-refractivity contribution < 1.29 is 9.15 Å². The fourth-order valence-electron chi connectivity index (χ4n) is 3.68. The maximum absolute atomic E-state index is 5.65. The van der Waals surface area contributed by atoms with E-state index in [4.69, 9.17) is 9.15 Å². The van der Waals surface area contributed by atoms with Gasteiger partial charge in [-0.15, -0.1) is 24.0 Å². The van der Waals surface area contributed by atoms with Crippen LogP contribution in [0, 0.1) is 6.92 Å². The lowest BCUT2D eigenvalue weighted by Crippen LogP contribution is -2.37. The summed E-state index contributed by atoms with van der Waals surface area (Å²) in [7, 11) is 1.77. The van der Waals surface area contributed by atoms with Crippen LogP contribution < -0.4 is 10.6 Å². The standard InChI is InChI=1S/C25H31N5O2.HI/c1-19-7-9-20(10-8-19)24-29-23(18-32-24)16-28-25(26-2)27-15-21-5-3-4-6-22(21)17-30-11-13-31-14-12-30;/h3-10,18H,11-17H2,1-2H3,(H2,26,27,28);1H. The molecule has 33 heavy (non-hydrogen) atoms. The molecule has 0 unspecified atom stereocenters. The van der Waals surface area contributed by atoms with Crippen LogP contribution in [-0.2, 0) is 24.4 Å². The SMILES string of the molecule is CN=C(NCc1coc(-c2ccc(C)cc2)n1)NCc1ccccc1CN1CCOCC1.I. The molecule has 2 heterocycles. The van der Waals surface area contributed by atoms with E-state index in [1.807, 2.05) is 12.1 Å². The topological polar surface area (TPSA) is 74.9 Å². The summed E-state index contributed by atoms with van der Waals surface area (Å²) in [5.74, 6) is 1.35. The zero-order valence-corrected chi connectivity index (χ0v) is 21.5. The normalized spacial score (nSPS) is 14.5. The third-order valence-electron chi connectivity index (χ3n) is 5.57. The van der Waals surface area contributed by atoms with Crippen molar-refractivity contribution in [3.63, 3.8) is 0 Å². The van der Waals surface area contributed by atoms with Crippen molar-refractivity contribution in [2.24, 2.45) is 4.99 Å². The van der Waals surface area contributed by atoms with Gasteiger partial charge in [0, 0.05) is 38.8 Å². The molecule has 7 nitrogen and oxygen atoms in total. The maximum Gasteiger partial charge on any atom is 0.226 e. The Kier molecular flexibility index (Phi) is 9.71. The Morgan fingerprint density at radius 3 is 2.42 bits per heavy atom. The second-order valence-corrected chi connectivity index (χ2v) is 7.95. The van der Waals surface area contributed by atoms with Gasteiger partial charge in [0.1, 0.15) is 6.26 Å². The molecular weight excluding hydrogens is 529 g/mol. The Bertz CT molecular complexity index is 1030. The van der Waals surface area contributed by atoms with Crippen LogP contribution in [0.15, 0.2) is 64.2 Å². The molecule has 0 atom stereocenters. The van der Waals surface area contributed by atoms with Crippen molar-refractivity contribution in [3.05, 3.63) is 77.2 Å². The molecule has 0 aliphatic carbocycles. The number of hydrogen-bond acceptors (Lipinski definition) is 5. The zero-order valence-electron chi connectivity index (χ0n) is 19.2. The Morgan fingerprint density at radius 1 is 1.00 bits per heavy atom. The van der Waals surface area contributed by atoms with E-state index >= 15 is 0 Å². The summed E-state index contributed by atoms with van der Waals surface area (Å²) in [4.78, 5) is 11.4. The molecule has 0 amide bonds. The first kappa shape index (κ1) is 25.2. The Balaban J connectivity index is 0.00000306. The average molecular weight is 561 g/mol. The van der Waals surface area contributed by atoms with Crippen molar-refractivity contribution in [1.82, 2.24) is 20.5 Å². The number of oxazole rings is 1. The molecule has 8 heteroatoms. The molecule has 4 rings (SSSR count). The lowest BCUT2D eigenvalue weighted by atomic mass is 10.1. The molecule has 1 aliphatic rings. The molecule has 0 bridgehead atoms. The smallest absolute Gasteiger partial charge is 0.226 e. The molecule has 1 saturated heterocycles. The van der Waals surface area contributed by atoms with Gasteiger partial charge >= 0.3 is 0 Å². The average Bonchev–Trinajstić information content (AvgIpc) is 3.30. The van der Waals surface area contributed by atoms with Crippen LogP contribution in [0.2, 0.25) is 0 Å². The highest BCUT2D eigenvalue weighted by Gasteiger charge is 2.13. The number of morpholine rings is 1. The minimum Gasteiger partial charge on any atom is -0.444 e. The summed E-state index contributed by atoms with van der Waals surface area (Å²) in [5.41, 5.74) is 5.61. The van der Waals surface area contributed by atoms with Gasteiger partial charge in [-0.25, -0.2) is 4.98 Å². The number of rotatable bonds is 7. The van der Waals surface area contributed by atoms with Gasteiger partial charge in [0.15, 0.2) is 5.96 Å². The van der Waals surface area contributed by atoms with Crippen molar-refractivity contribution in [2.45, 2.75) is 26.6 Å². The number of aromatic nitrogens is 1. The summed E-state index contributed by atoms with van der Waals surface area (Å²) in [6, 6.07) is 16.7. The van der Waals surface area contributed by atoms with Crippen LogP contribution >= 0.6 is 24.0 Å². The van der Waals surface area contributed by atoms with Crippen molar-refractivity contribution in [1.29, 1.82) is 0 Å². The minimum absolute atomic E-state index is 0. The molecule has 2 N–H and O–H groups in total. The fourth-order valence-corrected chi connectivity index (χ4v) is 3.68. The highest BCUT2D eigenvalue weighted by atomic mass is 127. The molecule has 1 aliphatic heterocycles. The van der Waals surface area contributed by atoms with E-state index in [1.165, 1.54) is 16.7 Å². The van der Waals surface area contributed by atoms with Crippen LogP contribution in [0.3, 0.4) is 0 Å². The largest absolute Gasteiger partial charge is 0.444 e. The summed E-state index contributed by atoms with van der Waals surface area (Å²) < 4.78 is 11.1. The van der Waals surface area contributed by atoms with E-state index in [0.717, 1.165) is 50.1 Å². The van der Waals surface area contributed by atoms with Gasteiger partial charge in [-0.05, 0) is 30.2 Å². The van der Waals surface area contributed by atoms with E-state index in [1.54, 1.807) is 13.3 Å². The van der Waals surface area contributed by atoms with Crippen molar-refractivity contribution in [3.8, 4) is 11.5 Å². The molecular formula is C25H32IN5O2. The Morgan fingerprint density at radius 2 is 1.70 bits per heavy atom. The molecule has 3 aromatic rings. The predicted molar refractivity (Wildman–Crippen MR) is 142 cm³/mol. The molecule has 2 aromatic carbocycles. The van der Waals surface area contributed by atoms with Gasteiger partial charge in [-0.2, -0.15) is 0 Å². The van der Waals surface area contributed by atoms with Gasteiger partial charge in [0.25, 0.3) is 0 Å². The molecule has 1 fully saturated rings. The van der Waals surface area contributed by atoms with E-state index in [0.29, 0.717) is 19.0 Å². The van der Waals surface area contributed by atoms with Crippen molar-refractivity contribution in [2.75, 3.05) is 33.4 Å². The zero-order chi connectivity index (χ0) is 22.2. The summed E-state index contributed by atoms with van der Waals surface area (Å²) in [6.45, 7) is 7.82. The van der Waals surface area contributed by atoms with Gasteiger partial charge < -0.3 is 19.8 Å². The first-order chi connectivity index (χ1) is 15.7. The predicted octanol–water partition coefficient (Wildman–Crippen LogP) is 3.97. The molecule has 0 radical (unpaired) electrons. The maximum atomic E-state index is 5.65. The van der Waals surface area contributed by atoms with Crippen LogP contribution in [0.1, 0.15) is 22.4 Å². The van der Waals surface area contributed by atoms with Crippen LogP contribution in [0.25, 0.3) is 11.5 Å². The number of halogens is 1. The van der Waals surface area contributed by atoms with E-state index in [9.17, 15) is 0 Å². The second-order valence-electron chi connectivity index (χ2n) is 7.95. The highest BCUT2D eigenvalue weighted by molar-refractivity contribution is 14.0. The number of ether oxygens (including phenoxy) is 1. The van der Waals surface area contributed by atoms with E-state index < -0.39 is 0 Å². The molecule has 0 saturated carbocycles. The summed E-state index contributed by atoms with van der Waals surface area (Å²) in [6.07, 6.45) is 1.69. The lowest BCUT2D eigenvalue weighted by molar-refractivity contribution is 0.0341. The van der Waals surface area contributed by atoms with Crippen molar-refractivity contribution >= 4 is 29.9 Å². The third-order valence-corrected chi connectivity index (χ3v) is 5.57. The number of guanidine groups is 1. The number of nitrogens with zero attached hydrogens (tertiary/aromatic N) is 3. The monoisotopic (exact) mass is 561 g/mol. The Labute approximate surface area is 212 Å². The summed E-state index contributed by atoms with van der Waals surface area (Å²) in [5, 5.41) is 6.74. The number of benzene rings is 2. The van der Waals surface area contributed by atoms with Gasteiger partial charge in [0.05, 0.1) is 25.5 Å². The van der Waals surface area contributed by atoms with Gasteiger partial charge in [0.2, 0.25) is 5.89 Å². The molecule has 0 spiro atoms. The number of hydrogen-bond donors (Lipinski definition) is 2. The number of aliphatic imine (C=N–C) groups is 1. The lowest BCUT2D eigenvalue weighted by Gasteiger charge is -2.27. The highest BCUT2D eigenvalue weighted by Crippen LogP contribution is 2.19. The minimum atomic E-state index is 0. The number of nitrogens with one attached hydrogen (secondary N) is 2. The van der Waals surface area contributed by atoms with Gasteiger partial charge in [-0.3, -0.25) is 9.89 Å². The van der Waals surface area contributed by atoms with Gasteiger partial charge in [-0.1, -0.05) is 42.0 Å². The second kappa shape index (κ2) is 12.7. The third kappa shape index (κ3) is 7.28. The molecule has 176 valence electrons. The Hall–Kier alpha value is -2.43. The first-order valence-corrected chi connectivity index (χ1v) is 11.0. The van der Waals surface area contributed by atoms with Crippen LogP contribution in [-0.4, -0.2) is 49.2 Å². The summed E-state index contributed by atoms with van der Waals surface area (Å²) >= 11 is 0. The quantitative estimate of drug-likeness (QED) is 0.259. The van der Waals surface area contributed by atoms with Crippen LogP contribution in [0.4, 0.5) is 0 Å². The number of aryl methyl sites for hydroxylation is 1. The first-order valence-electron chi connectivity index (χ1n) is 11.0. The molecule has 1 aromatic heterocycles. The van der Waals surface area contributed by atoms with Crippen LogP contribution in [0.5, 0.6) is 0 Å². The van der Waals surface area contributed by atoms with E-state index in [2.05, 4.69) is 68.8 Å². The van der Waals surface area contributed by atoms with E-state index in [-0.39, 0.29) is 24.0 Å². The fraction of sp³-hybridized carbons (Fsp3) is 0.360.